The van der Waals surface area contributed by atoms with Crippen LogP contribution in [0.4, 0.5) is 4.39 Å². The van der Waals surface area contributed by atoms with Gasteiger partial charge in [0.1, 0.15) is 6.17 Å². The van der Waals surface area contributed by atoms with Crippen LogP contribution in [0.25, 0.3) is 0 Å². The van der Waals surface area contributed by atoms with Crippen LogP contribution in [0.3, 0.4) is 0 Å². The normalized spacial score (nSPS) is 3.98. The first-order valence-electron chi connectivity index (χ1n) is 25.4. The summed E-state index contributed by atoms with van der Waals surface area (Å²) >= 11 is 0. The molecule has 0 amide bonds. The fourth-order valence-electron chi connectivity index (χ4n) is 3.09. The minimum Gasteiger partial charge on any atom is -0.143 e. The van der Waals surface area contributed by atoms with Crippen LogP contribution >= 0.6 is 0 Å². The molecule has 0 aliphatic rings. The minimum absolute atomic E-state index is 1.13. The summed E-state index contributed by atoms with van der Waals surface area (Å²) in [5, 5.41) is 0. The van der Waals surface area contributed by atoms with Gasteiger partial charge in [0.25, 0.3) is 0 Å². The molecule has 0 fully saturated rings. The van der Waals surface area contributed by atoms with Gasteiger partial charge in [0.05, 0.1) is 0 Å². The molecule has 0 heterocycles. The summed E-state index contributed by atoms with van der Waals surface area (Å²) in [5.74, 6) is 246. The van der Waals surface area contributed by atoms with E-state index in [0.717, 1.165) is 6.17 Å². The lowest BCUT2D eigenvalue weighted by Crippen LogP contribution is -1.57. The molecule has 0 radical (unpaired) electrons. The molecule has 0 aromatic carbocycles. The summed E-state index contributed by atoms with van der Waals surface area (Å²) in [5.41, 5.74) is 0. The summed E-state index contributed by atoms with van der Waals surface area (Å²) in [7, 11) is 0. The Morgan fingerprint density at radius 3 is 0.176 bits per heavy atom. The quantitative estimate of drug-likeness (QED) is 0.320. The third-order valence-corrected chi connectivity index (χ3v) is 6.23. The van der Waals surface area contributed by atoms with Gasteiger partial charge >= 0.3 is 0 Å². The zero-order chi connectivity index (χ0) is 72.7. The number of halogens is 1. The Bertz CT molecular complexity index is 6780. The lowest BCUT2D eigenvalue weighted by molar-refractivity contribution is 0.774. The Balaban J connectivity index is 4.64. The van der Waals surface area contributed by atoms with Gasteiger partial charge in [-0.25, -0.2) is 0 Å². The molecule has 0 atom stereocenters. The first-order valence-corrected chi connectivity index (χ1v) is 25.4. The molecule has 0 aromatic rings. The van der Waals surface area contributed by atoms with Crippen molar-refractivity contribution in [3.63, 3.8) is 0 Å². The Morgan fingerprint density at radius 1 is 0.0784 bits per heavy atom. The van der Waals surface area contributed by atoms with Crippen molar-refractivity contribution in [3.05, 3.63) is 0 Å². The van der Waals surface area contributed by atoms with E-state index in [9.17, 15) is 4.39 Å². The third kappa shape index (κ3) is 77.9. The fraction of sp³-hybridized carbons (Fsp3) is 0.00990. The Morgan fingerprint density at radius 2 is 0.127 bits per heavy atom. The predicted molar refractivity (Wildman–Crippen MR) is 396 cm³/mol. The Hall–Kier alpha value is -22.1. The summed E-state index contributed by atoms with van der Waals surface area (Å²) < 4.78 is 11.5. The molecule has 0 rings (SSSR count). The highest BCUT2D eigenvalue weighted by molar-refractivity contribution is 5.56. The monoisotopic (exact) mass is 1230 g/mol. The van der Waals surface area contributed by atoms with Crippen LogP contribution in [0.5, 0.6) is 0 Å². The fourth-order valence-corrected chi connectivity index (χ4v) is 3.09. The lowest BCUT2D eigenvalue weighted by Gasteiger charge is -1.58. The van der Waals surface area contributed by atoms with E-state index in [-0.39, 0.29) is 0 Å². The molecule has 0 unspecified atom stereocenters. The van der Waals surface area contributed by atoms with Crippen molar-refractivity contribution in [1.82, 2.24) is 0 Å². The van der Waals surface area contributed by atoms with E-state index in [1.54, 1.807) is 6.92 Å². The molecule has 102 heavy (non-hydrogen) atoms. The van der Waals surface area contributed by atoms with Gasteiger partial charge in [-0.2, -0.15) is 0 Å². The zero-order valence-electron chi connectivity index (χ0n) is 51.4. The second-order valence-corrected chi connectivity index (χ2v) is 12.6. The maximum absolute atomic E-state index is 11.5. The molecule has 0 spiro atoms. The van der Waals surface area contributed by atoms with Gasteiger partial charge < -0.3 is 0 Å². The van der Waals surface area contributed by atoms with E-state index in [1.807, 2.05) is 5.92 Å². The van der Waals surface area contributed by atoms with Crippen LogP contribution in [0.15, 0.2) is 0 Å². The molecule has 0 bridgehead atoms. The molecule has 0 N–H and O–H groups in total. The summed E-state index contributed by atoms with van der Waals surface area (Å²) in [6.07, 6.45) is 1.13. The second-order valence-electron chi connectivity index (χ2n) is 12.6. The lowest BCUT2D eigenvalue weighted by atomic mass is 10.4. The van der Waals surface area contributed by atoms with Crippen LogP contribution < -0.4 is 0 Å². The maximum atomic E-state index is 11.5. The Labute approximate surface area is 599 Å². The summed E-state index contributed by atoms with van der Waals surface area (Å²) in [6.45, 7) is 1.68. The van der Waals surface area contributed by atoms with E-state index in [4.69, 9.17) is 0 Å². The topological polar surface area (TPSA) is 0 Å². The molecule has 414 valence electrons. The van der Waals surface area contributed by atoms with Gasteiger partial charge in [0.2, 0.25) is 0 Å². The summed E-state index contributed by atoms with van der Waals surface area (Å²) in [6, 6.07) is 0. The smallest absolute Gasteiger partial charge is 0.119 e. The molecule has 0 aliphatic heterocycles. The highest BCUT2D eigenvalue weighted by Gasteiger charge is 1.67. The largest absolute Gasteiger partial charge is 0.143 e. The van der Waals surface area contributed by atoms with Gasteiger partial charge in [0, 0.05) is 533 Å². The molecule has 0 saturated heterocycles. The van der Waals surface area contributed by atoms with Crippen molar-refractivity contribution in [2.24, 2.45) is 0 Å². The average Bonchev–Trinajstić information content (AvgIpc) is 3.74. The van der Waals surface area contributed by atoms with Crippen molar-refractivity contribution in [3.8, 4) is 592 Å². The van der Waals surface area contributed by atoms with Crippen molar-refractivity contribution >= 4 is 0 Å². The van der Waals surface area contributed by atoms with Crippen LogP contribution in [0, 0.1) is 592 Å². The van der Waals surface area contributed by atoms with Crippen LogP contribution in [0.2, 0.25) is 0 Å². The van der Waals surface area contributed by atoms with Crippen molar-refractivity contribution in [2.45, 2.75) is 6.92 Å². The van der Waals surface area contributed by atoms with E-state index in [2.05, 4.69) is 580 Å². The van der Waals surface area contributed by atoms with Gasteiger partial charge in [-0.15, -0.1) is 4.39 Å². The van der Waals surface area contributed by atoms with Crippen LogP contribution in [-0.2, 0) is 0 Å². The molecule has 0 aliphatic carbocycles. The van der Waals surface area contributed by atoms with E-state index in [0.29, 0.717) is 0 Å². The van der Waals surface area contributed by atoms with Crippen molar-refractivity contribution in [1.29, 1.82) is 0 Å². The number of hydrogen-bond donors (Lipinski definition) is 0. The first-order chi connectivity index (χ1) is 50.9. The minimum atomic E-state index is 1.13. The highest BCUT2D eigenvalue weighted by atomic mass is 19.1. The van der Waals surface area contributed by atoms with E-state index in [1.165, 1.54) is 0 Å². The third-order valence-electron chi connectivity index (χ3n) is 6.23. The highest BCUT2D eigenvalue weighted by Crippen LogP contribution is 1.68. The van der Waals surface area contributed by atoms with Crippen molar-refractivity contribution < 1.29 is 4.39 Å². The number of hydrogen-bond acceptors (Lipinski definition) is 0. The molecular formula is C101H3F. The molecule has 1 heteroatoms. The zero-order valence-corrected chi connectivity index (χ0v) is 51.4. The average molecular weight is 1240 g/mol. The van der Waals surface area contributed by atoms with Gasteiger partial charge in [-0.3, -0.25) is 0 Å². The Kier molecular flexibility index (Phi) is 61.9. The predicted octanol–water partition coefficient (Wildman–Crippen LogP) is 1.10. The molecule has 0 saturated carbocycles. The van der Waals surface area contributed by atoms with Gasteiger partial charge in [-0.05, 0) is 54.3 Å². The van der Waals surface area contributed by atoms with Crippen LogP contribution in [0.1, 0.15) is 6.92 Å². The molecule has 0 nitrogen and oxygen atoms in total. The van der Waals surface area contributed by atoms with Gasteiger partial charge in [-0.1, -0.05) is 5.92 Å². The second kappa shape index (κ2) is 78.9. The summed E-state index contributed by atoms with van der Waals surface area (Å²) in [4.78, 5) is 0. The SMILES string of the molecule is CC#CC#CC#CC#CC#CC#CC#CC#CC#CC#CC#CC#CC#CC#CC#CC#CC#CC#CC#CC#CC#CC#CC#CC#CC#CC#CC#CC#CC#CC#CC#CC#CC#CC#CC#CC#CC#CC#CC#CC#CC#CC#CC#CC#CC#CC#CC#CC#CC#CC#CF. The van der Waals surface area contributed by atoms with Gasteiger partial charge in [0.15, 0.2) is 0 Å². The maximum Gasteiger partial charge on any atom is 0.119 e. The molecule has 0 aromatic heterocycles. The standard InChI is InChI=1S/C101H3F/c1-2-3-4-5-6-7-8-9-10-11-12-13-14-15-16-17-18-19-20-21-22-23-24-25-26-27-28-29-30-31-32-33-34-35-36-37-38-39-40-41-42-43-44-45-46-47-48-49-50-51-52-53-54-55-56-57-58-59-60-61-62-63-64-65-66-67-68-69-70-71-72-73-74-75-76-77-78-79-80-81-82-83-84-85-86-87-88-89-90-91-92-93-94-95-96-97-98-99-100-101-102/h1H3. The van der Waals surface area contributed by atoms with Crippen molar-refractivity contribution in [2.75, 3.05) is 0 Å². The van der Waals surface area contributed by atoms with Crippen LogP contribution in [-0.4, -0.2) is 0 Å². The molecular weight excluding hydrogens is 1230 g/mol. The number of rotatable bonds is 0. The first kappa shape index (κ1) is 79.9. The van der Waals surface area contributed by atoms with E-state index < -0.39 is 0 Å². The van der Waals surface area contributed by atoms with E-state index >= 15 is 0 Å².